The van der Waals surface area contributed by atoms with Gasteiger partial charge in [-0.1, -0.05) is 60.7 Å². The van der Waals surface area contributed by atoms with Crippen LogP contribution in [0, 0.1) is 0 Å². The molecule has 4 saturated heterocycles. The highest BCUT2D eigenvalue weighted by molar-refractivity contribution is 5.17. The topological polar surface area (TPSA) is 49.4 Å². The first-order valence-electron chi connectivity index (χ1n) is 10.9. The van der Waals surface area contributed by atoms with Gasteiger partial charge in [0.05, 0.1) is 19.3 Å². The molecule has 4 aliphatic heterocycles. The molecule has 0 bridgehead atoms. The summed E-state index contributed by atoms with van der Waals surface area (Å²) in [6, 6.07) is 20.3. The van der Waals surface area contributed by atoms with Crippen LogP contribution in [-0.2, 0) is 30.3 Å². The molecule has 0 radical (unpaired) electrons. The Morgan fingerprint density at radius 2 is 1.70 bits per heavy atom. The summed E-state index contributed by atoms with van der Waals surface area (Å²) in [5, 5.41) is 0. The lowest BCUT2D eigenvalue weighted by atomic mass is 9.95. The molecular weight excluding hydrogens is 382 g/mol. The summed E-state index contributed by atoms with van der Waals surface area (Å²) in [7, 11) is 0. The average Bonchev–Trinajstić information content (AvgIpc) is 3.40. The highest BCUT2D eigenvalue weighted by atomic mass is 16.8. The zero-order valence-corrected chi connectivity index (χ0v) is 16.8. The van der Waals surface area contributed by atoms with Crippen molar-refractivity contribution in [3.63, 3.8) is 0 Å². The van der Waals surface area contributed by atoms with Crippen molar-refractivity contribution in [3.8, 4) is 0 Å². The molecule has 1 unspecified atom stereocenters. The van der Waals surface area contributed by atoms with E-state index in [1.807, 2.05) is 48.5 Å². The second-order valence-corrected chi connectivity index (χ2v) is 8.44. The Hall–Kier alpha value is -1.80. The van der Waals surface area contributed by atoms with Crippen molar-refractivity contribution in [2.45, 2.75) is 62.6 Å². The predicted octanol–water partition coefficient (Wildman–Crippen LogP) is 3.23. The summed E-state index contributed by atoms with van der Waals surface area (Å²) in [6.45, 7) is 1.99. The molecule has 4 aliphatic rings. The molecule has 4 fully saturated rings. The maximum Gasteiger partial charge on any atom is 0.184 e. The molecule has 0 amide bonds. The van der Waals surface area contributed by atoms with Crippen LogP contribution in [0.15, 0.2) is 60.7 Å². The minimum absolute atomic E-state index is 0.0389. The van der Waals surface area contributed by atoms with Crippen molar-refractivity contribution in [2.24, 2.45) is 0 Å². The van der Waals surface area contributed by atoms with Crippen LogP contribution in [0.2, 0.25) is 0 Å². The minimum atomic E-state index is -0.391. The fourth-order valence-electron chi connectivity index (χ4n) is 5.16. The second-order valence-electron chi connectivity index (χ2n) is 8.44. The van der Waals surface area contributed by atoms with Gasteiger partial charge in [-0.2, -0.15) is 0 Å². The van der Waals surface area contributed by atoms with E-state index in [4.69, 9.17) is 23.7 Å². The average molecular weight is 409 g/mol. The van der Waals surface area contributed by atoms with Crippen molar-refractivity contribution in [2.75, 3.05) is 13.2 Å². The molecule has 4 heterocycles. The first kappa shape index (κ1) is 18.9. The van der Waals surface area contributed by atoms with Crippen LogP contribution < -0.4 is 0 Å². The summed E-state index contributed by atoms with van der Waals surface area (Å²) in [4.78, 5) is 2.41. The van der Waals surface area contributed by atoms with Crippen molar-refractivity contribution >= 4 is 0 Å². The molecule has 6 rings (SSSR count). The lowest BCUT2D eigenvalue weighted by molar-refractivity contribution is -0.343. The third-order valence-corrected chi connectivity index (χ3v) is 6.57. The highest BCUT2D eigenvalue weighted by Crippen LogP contribution is 2.43. The summed E-state index contributed by atoms with van der Waals surface area (Å²) in [6.07, 6.45) is 1.12. The van der Waals surface area contributed by atoms with Gasteiger partial charge >= 0.3 is 0 Å². The van der Waals surface area contributed by atoms with Gasteiger partial charge < -0.3 is 23.7 Å². The monoisotopic (exact) mass is 409 g/mol. The summed E-state index contributed by atoms with van der Waals surface area (Å²) < 4.78 is 31.7. The van der Waals surface area contributed by atoms with E-state index in [2.05, 4.69) is 17.0 Å². The van der Waals surface area contributed by atoms with Gasteiger partial charge in [0.25, 0.3) is 0 Å². The molecule has 7 atom stereocenters. The SMILES string of the molecule is c1ccc(CO[C@@H]2O[C@@H]3COC(c4ccccc4)O[C@H]3[C@H]3O[C@@H]4CCCN4[C@@H]23)cc1. The summed E-state index contributed by atoms with van der Waals surface area (Å²) >= 11 is 0. The van der Waals surface area contributed by atoms with E-state index in [1.165, 1.54) is 0 Å². The number of rotatable bonds is 4. The Morgan fingerprint density at radius 1 is 0.900 bits per heavy atom. The molecule has 158 valence electrons. The maximum atomic E-state index is 6.51. The Kier molecular flexibility index (Phi) is 5.07. The Labute approximate surface area is 176 Å². The normalized spacial score (nSPS) is 38.1. The third kappa shape index (κ3) is 3.38. The Balaban J connectivity index is 1.23. The lowest BCUT2D eigenvalue weighted by Crippen LogP contribution is -2.63. The molecule has 2 aromatic rings. The molecule has 0 aromatic heterocycles. The zero-order chi connectivity index (χ0) is 19.9. The van der Waals surface area contributed by atoms with Crippen LogP contribution in [0.4, 0.5) is 0 Å². The van der Waals surface area contributed by atoms with E-state index in [-0.39, 0.29) is 36.9 Å². The van der Waals surface area contributed by atoms with Gasteiger partial charge in [-0.3, -0.25) is 4.90 Å². The molecule has 2 aromatic carbocycles. The van der Waals surface area contributed by atoms with E-state index in [0.29, 0.717) is 13.2 Å². The van der Waals surface area contributed by atoms with Gasteiger partial charge in [0.15, 0.2) is 12.6 Å². The molecular formula is C24H27NO5. The first-order chi connectivity index (χ1) is 14.9. The fraction of sp³-hybridized carbons (Fsp3) is 0.500. The predicted molar refractivity (Wildman–Crippen MR) is 108 cm³/mol. The smallest absolute Gasteiger partial charge is 0.184 e. The standard InChI is InChI=1S/C24H27NO5/c1-3-8-16(9-4-1)14-26-24-20-22(29-19-12-7-13-25(19)20)21-18(28-24)15-27-23(30-21)17-10-5-2-6-11-17/h1-6,8-11,18-24H,7,12-15H2/t18-,19-,20-,21-,22+,23?,24-/m1/s1. The minimum Gasteiger partial charge on any atom is -0.355 e. The number of ether oxygens (including phenoxy) is 5. The van der Waals surface area contributed by atoms with E-state index in [0.717, 1.165) is 30.5 Å². The van der Waals surface area contributed by atoms with E-state index in [1.54, 1.807) is 0 Å². The van der Waals surface area contributed by atoms with Crippen LogP contribution in [0.1, 0.15) is 30.3 Å². The first-order valence-corrected chi connectivity index (χ1v) is 10.9. The number of fused-ring (bicyclic) bond motifs is 5. The Morgan fingerprint density at radius 3 is 2.53 bits per heavy atom. The van der Waals surface area contributed by atoms with E-state index >= 15 is 0 Å². The number of nitrogens with zero attached hydrogens (tertiary/aromatic N) is 1. The van der Waals surface area contributed by atoms with Gasteiger partial charge in [0.2, 0.25) is 0 Å². The van der Waals surface area contributed by atoms with Gasteiger partial charge in [-0.05, 0) is 18.4 Å². The van der Waals surface area contributed by atoms with E-state index in [9.17, 15) is 0 Å². The lowest BCUT2D eigenvalue weighted by Gasteiger charge is -2.47. The fourth-order valence-corrected chi connectivity index (χ4v) is 5.16. The molecule has 0 N–H and O–H groups in total. The van der Waals surface area contributed by atoms with Gasteiger partial charge in [0.1, 0.15) is 24.5 Å². The Bertz CT molecular complexity index is 849. The molecule has 6 heteroatoms. The van der Waals surface area contributed by atoms with Crippen molar-refractivity contribution in [1.29, 1.82) is 0 Å². The second kappa shape index (κ2) is 8.04. The van der Waals surface area contributed by atoms with E-state index < -0.39 is 6.29 Å². The zero-order valence-electron chi connectivity index (χ0n) is 16.8. The van der Waals surface area contributed by atoms with Crippen molar-refractivity contribution < 1.29 is 23.7 Å². The van der Waals surface area contributed by atoms with Gasteiger partial charge in [-0.25, -0.2) is 0 Å². The molecule has 0 spiro atoms. The maximum absolute atomic E-state index is 6.51. The third-order valence-electron chi connectivity index (χ3n) is 6.57. The van der Waals surface area contributed by atoms with Crippen LogP contribution >= 0.6 is 0 Å². The van der Waals surface area contributed by atoms with Crippen LogP contribution in [0.25, 0.3) is 0 Å². The van der Waals surface area contributed by atoms with Gasteiger partial charge in [-0.15, -0.1) is 0 Å². The highest BCUT2D eigenvalue weighted by Gasteiger charge is 2.59. The molecule has 6 nitrogen and oxygen atoms in total. The molecule has 0 aliphatic carbocycles. The molecule has 30 heavy (non-hydrogen) atoms. The molecule has 0 saturated carbocycles. The van der Waals surface area contributed by atoms with Crippen LogP contribution in [0.3, 0.4) is 0 Å². The van der Waals surface area contributed by atoms with Crippen molar-refractivity contribution in [3.05, 3.63) is 71.8 Å². The number of benzene rings is 2. The number of hydrogen-bond donors (Lipinski definition) is 0. The van der Waals surface area contributed by atoms with Crippen LogP contribution in [0.5, 0.6) is 0 Å². The van der Waals surface area contributed by atoms with Gasteiger partial charge in [0, 0.05) is 12.1 Å². The quantitative estimate of drug-likeness (QED) is 0.773. The summed E-state index contributed by atoms with van der Waals surface area (Å²) in [5.74, 6) is 0. The van der Waals surface area contributed by atoms with Crippen LogP contribution in [-0.4, -0.2) is 54.9 Å². The summed E-state index contributed by atoms with van der Waals surface area (Å²) in [5.41, 5.74) is 2.16. The van der Waals surface area contributed by atoms with Crippen molar-refractivity contribution in [1.82, 2.24) is 4.90 Å². The largest absolute Gasteiger partial charge is 0.355 e. The number of hydrogen-bond acceptors (Lipinski definition) is 6.